The maximum Gasteiger partial charge on any atom is 0.293 e. The number of nitrogens with zero attached hydrogens (tertiary/aromatic N) is 7. The van der Waals surface area contributed by atoms with Gasteiger partial charge < -0.3 is 34.5 Å². The number of hydrogen-bond donors (Lipinski definition) is 3. The summed E-state index contributed by atoms with van der Waals surface area (Å²) in [5.41, 5.74) is 2.55. The molecule has 4 aromatic rings. The van der Waals surface area contributed by atoms with Crippen LogP contribution in [0.25, 0.3) is 10.9 Å². The number of imide groups is 2. The van der Waals surface area contributed by atoms with E-state index in [9.17, 15) is 28.8 Å². The number of benzene rings is 2. The molecule has 348 valence electrons. The third kappa shape index (κ3) is 8.68. The molecule has 66 heavy (non-hydrogen) atoms. The Hall–Kier alpha value is -6.11. The quantitative estimate of drug-likeness (QED) is 0.169. The molecule has 2 aromatic heterocycles. The molecular weight excluding hydrogens is 868 g/mol. The molecule has 1 saturated carbocycles. The van der Waals surface area contributed by atoms with Crippen molar-refractivity contribution in [2.24, 2.45) is 0 Å². The Balaban J connectivity index is 0.765. The second-order valence-electron chi connectivity index (χ2n) is 18.3. The van der Waals surface area contributed by atoms with Crippen LogP contribution in [0, 0.1) is 0 Å². The Labute approximate surface area is 386 Å². The number of rotatable bonds is 12. The average molecular weight is 923 g/mol. The molecule has 4 fully saturated rings. The molecule has 0 bridgehead atoms. The number of nitrogens with one attached hydrogen (secondary N) is 3. The molecule has 1 aliphatic carbocycles. The van der Waals surface area contributed by atoms with Gasteiger partial charge in [-0.3, -0.25) is 43.9 Å². The molecule has 5 amide bonds. The second kappa shape index (κ2) is 18.3. The van der Waals surface area contributed by atoms with Gasteiger partial charge in [-0.2, -0.15) is 4.98 Å². The summed E-state index contributed by atoms with van der Waals surface area (Å²) in [6.07, 6.45) is 5.75. The summed E-state index contributed by atoms with van der Waals surface area (Å²) < 4.78 is 13.9. The smallest absolute Gasteiger partial charge is 0.293 e. The number of ether oxygens (including phenoxy) is 2. The van der Waals surface area contributed by atoms with Crippen molar-refractivity contribution in [1.82, 2.24) is 35.0 Å². The zero-order valence-electron chi connectivity index (χ0n) is 37.7. The first-order valence-electron chi connectivity index (χ1n) is 22.8. The lowest BCUT2D eigenvalue weighted by Gasteiger charge is -2.52. The number of aromatic nitrogens is 3. The molecule has 6 heterocycles. The second-order valence-corrected chi connectivity index (χ2v) is 18.7. The van der Waals surface area contributed by atoms with E-state index < -0.39 is 29.7 Å². The number of hydrogen-bond acceptors (Lipinski definition) is 14. The molecule has 18 nitrogen and oxygen atoms in total. The van der Waals surface area contributed by atoms with Crippen molar-refractivity contribution in [3.8, 4) is 5.75 Å². The number of likely N-dealkylation sites (N-methyl/N-ethyl adjacent to an activating group) is 1. The maximum absolute atomic E-state index is 13.5. The highest BCUT2D eigenvalue weighted by Crippen LogP contribution is 2.37. The molecular formula is C47H55ClN10O8. The van der Waals surface area contributed by atoms with Gasteiger partial charge in [0.1, 0.15) is 11.1 Å². The van der Waals surface area contributed by atoms with E-state index in [-0.39, 0.29) is 72.6 Å². The first-order valence-corrected chi connectivity index (χ1v) is 23.2. The molecule has 3 saturated heterocycles. The van der Waals surface area contributed by atoms with Crippen LogP contribution in [0.4, 0.5) is 23.1 Å². The van der Waals surface area contributed by atoms with Crippen molar-refractivity contribution in [3.05, 3.63) is 75.2 Å². The van der Waals surface area contributed by atoms with Gasteiger partial charge in [-0.1, -0.05) is 11.6 Å². The van der Waals surface area contributed by atoms with Gasteiger partial charge in [0.25, 0.3) is 23.3 Å². The molecule has 0 unspecified atom stereocenters. The molecule has 3 N–H and O–H groups in total. The molecule has 0 spiro atoms. The molecule has 2 aromatic carbocycles. The molecule has 0 radical (unpaired) electrons. The maximum atomic E-state index is 13.5. The third-order valence-corrected chi connectivity index (χ3v) is 13.8. The van der Waals surface area contributed by atoms with Gasteiger partial charge in [-0.05, 0) is 102 Å². The molecule has 5 aliphatic rings. The van der Waals surface area contributed by atoms with E-state index in [0.717, 1.165) is 73.4 Å². The van der Waals surface area contributed by atoms with Gasteiger partial charge in [0.2, 0.25) is 17.8 Å². The zero-order chi connectivity index (χ0) is 46.6. The minimum absolute atomic E-state index is 0.0788. The predicted molar refractivity (Wildman–Crippen MR) is 248 cm³/mol. The Kier molecular flexibility index (Phi) is 12.5. The Morgan fingerprint density at radius 3 is 2.35 bits per heavy atom. The molecule has 3 atom stereocenters. The van der Waals surface area contributed by atoms with Crippen LogP contribution < -0.4 is 36.0 Å². The minimum atomic E-state index is -0.995. The lowest BCUT2D eigenvalue weighted by atomic mass is 9.86. The van der Waals surface area contributed by atoms with E-state index in [1.807, 2.05) is 38.1 Å². The summed E-state index contributed by atoms with van der Waals surface area (Å²) in [5, 5.41) is 9.19. The van der Waals surface area contributed by atoms with E-state index in [0.29, 0.717) is 34.1 Å². The van der Waals surface area contributed by atoms with Gasteiger partial charge in [0.05, 0.1) is 35.0 Å². The SMILES string of the molecule is CNC(=O)COc1cc2cc(Nc3nc(N4CCC(OC5CC(N6C[C@H](C)N(c7ccc8c(c7)C(=O)N([C@@H]7CCC(=O)NC7=O)C8=O)[C@@H](C)C6)C5)CC4)ncc3Cl)ccc2n(C(C)C)c1=O. The van der Waals surface area contributed by atoms with E-state index in [4.69, 9.17) is 26.1 Å². The fourth-order valence-electron chi connectivity index (χ4n) is 10.2. The van der Waals surface area contributed by atoms with Crippen molar-refractivity contribution in [1.29, 1.82) is 0 Å². The van der Waals surface area contributed by atoms with Crippen LogP contribution in [0.2, 0.25) is 5.02 Å². The fourth-order valence-corrected chi connectivity index (χ4v) is 10.3. The number of halogens is 1. The molecule has 19 heteroatoms. The van der Waals surface area contributed by atoms with Crippen molar-refractivity contribution in [3.63, 3.8) is 0 Å². The van der Waals surface area contributed by atoms with Crippen LogP contribution in [0.15, 0.2) is 53.5 Å². The van der Waals surface area contributed by atoms with E-state index in [2.05, 4.69) is 49.5 Å². The average Bonchev–Trinajstić information content (AvgIpc) is 3.52. The number of anilines is 4. The number of pyridine rings is 1. The van der Waals surface area contributed by atoms with Crippen LogP contribution in [0.3, 0.4) is 0 Å². The van der Waals surface area contributed by atoms with E-state index in [1.165, 1.54) is 7.05 Å². The van der Waals surface area contributed by atoms with Gasteiger partial charge in [0.15, 0.2) is 18.2 Å². The number of fused-ring (bicyclic) bond motifs is 2. The molecule has 4 aliphatic heterocycles. The summed E-state index contributed by atoms with van der Waals surface area (Å²) >= 11 is 6.61. The standard InChI is InChI=1S/C47H55ClN10O8/c1-25(2)56-37-9-6-29(16-28(37)17-39(46(56)64)65-24-41(60)49-5)51-42-36(48)21-50-47(53-42)54-14-12-32(13-15-54)66-33-18-31(19-33)55-22-26(3)57(27(4)23-55)30-7-8-34-35(20-30)45(63)58(44(34)62)38-10-11-40(59)52-43(38)61/h6-9,16-17,20-21,25-27,31-33,38H,10-15,18-19,22-24H2,1-5H3,(H,49,60)(H,50,51,53)(H,52,59,61)/t26-,27-,31?,33?,38+/m0/s1. The summed E-state index contributed by atoms with van der Waals surface area (Å²) in [5.74, 6) is -1.25. The van der Waals surface area contributed by atoms with Gasteiger partial charge in [0, 0.05) is 80.6 Å². The lowest BCUT2D eigenvalue weighted by molar-refractivity contribution is -0.136. The van der Waals surface area contributed by atoms with Crippen LogP contribution in [-0.4, -0.2) is 130 Å². The van der Waals surface area contributed by atoms with Crippen LogP contribution >= 0.6 is 11.6 Å². The number of carbonyl (C=O) groups is 5. The monoisotopic (exact) mass is 922 g/mol. The summed E-state index contributed by atoms with van der Waals surface area (Å²) in [7, 11) is 1.51. The first-order chi connectivity index (χ1) is 31.7. The predicted octanol–water partition coefficient (Wildman–Crippen LogP) is 4.41. The Bertz CT molecular complexity index is 2650. The van der Waals surface area contributed by atoms with E-state index >= 15 is 0 Å². The van der Waals surface area contributed by atoms with Crippen molar-refractivity contribution < 1.29 is 33.4 Å². The highest BCUT2D eigenvalue weighted by Gasteiger charge is 2.46. The highest BCUT2D eigenvalue weighted by atomic mass is 35.5. The zero-order valence-corrected chi connectivity index (χ0v) is 38.5. The van der Waals surface area contributed by atoms with Gasteiger partial charge >= 0.3 is 0 Å². The van der Waals surface area contributed by atoms with Gasteiger partial charge in [-0.15, -0.1) is 0 Å². The Morgan fingerprint density at radius 2 is 1.65 bits per heavy atom. The minimum Gasteiger partial charge on any atom is -0.478 e. The van der Waals surface area contributed by atoms with Gasteiger partial charge in [-0.25, -0.2) is 4.98 Å². The number of piperazine rings is 1. The normalized spacial score (nSPS) is 23.9. The van der Waals surface area contributed by atoms with Crippen LogP contribution in [0.5, 0.6) is 5.75 Å². The fraction of sp³-hybridized carbons (Fsp3) is 0.489. The Morgan fingerprint density at radius 1 is 0.924 bits per heavy atom. The van der Waals surface area contributed by atoms with Crippen molar-refractivity contribution >= 4 is 75.2 Å². The van der Waals surface area contributed by atoms with Crippen LogP contribution in [0.1, 0.15) is 93.0 Å². The lowest BCUT2D eigenvalue weighted by Crippen LogP contribution is -2.62. The number of carbonyl (C=O) groups excluding carboxylic acids is 5. The summed E-state index contributed by atoms with van der Waals surface area (Å²) in [6.45, 7) is 11.1. The summed E-state index contributed by atoms with van der Waals surface area (Å²) in [6, 6.07) is 12.2. The highest BCUT2D eigenvalue weighted by molar-refractivity contribution is 6.33. The first kappa shape index (κ1) is 45.1. The van der Waals surface area contributed by atoms with Crippen LogP contribution in [-0.2, 0) is 19.1 Å². The number of amides is 5. The largest absolute Gasteiger partial charge is 0.478 e. The van der Waals surface area contributed by atoms with Crippen molar-refractivity contribution in [2.75, 3.05) is 55.0 Å². The topological polar surface area (TPSA) is 201 Å². The third-order valence-electron chi connectivity index (χ3n) is 13.5. The number of piperidine rings is 2. The molecule has 9 rings (SSSR count). The van der Waals surface area contributed by atoms with E-state index in [1.54, 1.807) is 29.0 Å². The summed E-state index contributed by atoms with van der Waals surface area (Å²) in [4.78, 5) is 93.6. The van der Waals surface area contributed by atoms with Crippen molar-refractivity contribution in [2.45, 2.75) is 109 Å².